The van der Waals surface area contributed by atoms with Crippen molar-refractivity contribution in [2.75, 3.05) is 6.61 Å². The van der Waals surface area contributed by atoms with Gasteiger partial charge in [-0.25, -0.2) is 0 Å². The maximum atomic E-state index is 11.3. The summed E-state index contributed by atoms with van der Waals surface area (Å²) >= 11 is 0. The minimum Gasteiger partial charge on any atom is -0.414 e. The van der Waals surface area contributed by atoms with Gasteiger partial charge in [0.25, 0.3) is 8.32 Å². The van der Waals surface area contributed by atoms with Crippen molar-refractivity contribution in [2.24, 2.45) is 5.92 Å². The summed E-state index contributed by atoms with van der Waals surface area (Å²) in [4.78, 5) is 0. The molecule has 0 spiro atoms. The first-order valence-electron chi connectivity index (χ1n) is 16.0. The second-order valence-corrected chi connectivity index (χ2v) is 24.3. The van der Waals surface area contributed by atoms with Crippen molar-refractivity contribution < 1.29 is 23.4 Å². The molecule has 0 radical (unpaired) electrons. The molecule has 0 amide bonds. The fourth-order valence-corrected chi connectivity index (χ4v) is 11.8. The van der Waals surface area contributed by atoms with Gasteiger partial charge in [-0.3, -0.25) is 0 Å². The van der Waals surface area contributed by atoms with Crippen LogP contribution in [-0.2, 0) is 18.3 Å². The molecule has 5 atom stereocenters. The molecule has 5 nitrogen and oxygen atoms in total. The van der Waals surface area contributed by atoms with Gasteiger partial charge in [0, 0.05) is 12.7 Å². The monoisotopic (exact) mass is 626 g/mol. The van der Waals surface area contributed by atoms with Crippen molar-refractivity contribution in [3.05, 3.63) is 72.8 Å². The van der Waals surface area contributed by atoms with Gasteiger partial charge in [0.2, 0.25) is 0 Å². The van der Waals surface area contributed by atoms with Crippen LogP contribution in [0.1, 0.15) is 75.7 Å². The third-order valence-corrected chi connectivity index (χ3v) is 19.0. The molecule has 0 bridgehead atoms. The van der Waals surface area contributed by atoms with Crippen LogP contribution >= 0.6 is 0 Å². The highest BCUT2D eigenvalue weighted by molar-refractivity contribution is 6.99. The zero-order valence-electron chi connectivity index (χ0n) is 28.8. The third kappa shape index (κ3) is 8.57. The van der Waals surface area contributed by atoms with Gasteiger partial charge in [-0.05, 0) is 66.7 Å². The Morgan fingerprint density at radius 2 is 1.35 bits per heavy atom. The molecule has 1 unspecified atom stereocenters. The Labute approximate surface area is 264 Å². The zero-order chi connectivity index (χ0) is 32.3. The lowest BCUT2D eigenvalue weighted by Crippen LogP contribution is -2.66. The van der Waals surface area contributed by atoms with E-state index < -0.39 is 34.6 Å². The van der Waals surface area contributed by atoms with Crippen molar-refractivity contribution in [3.63, 3.8) is 0 Å². The maximum absolute atomic E-state index is 11.3. The van der Waals surface area contributed by atoms with Crippen molar-refractivity contribution in [1.82, 2.24) is 0 Å². The first kappa shape index (κ1) is 35.9. The summed E-state index contributed by atoms with van der Waals surface area (Å²) in [6, 6.07) is 21.3. The molecule has 7 heteroatoms. The van der Waals surface area contributed by atoms with Gasteiger partial charge in [0.15, 0.2) is 14.1 Å². The molecule has 0 saturated carbocycles. The van der Waals surface area contributed by atoms with Crippen molar-refractivity contribution in [2.45, 2.75) is 129 Å². The molecule has 0 aliphatic carbocycles. The van der Waals surface area contributed by atoms with E-state index in [1.807, 2.05) is 19.9 Å². The normalized spacial score (nSPS) is 22.1. The fraction of sp³-hybridized carbons (Fsp3) is 0.611. The first-order chi connectivity index (χ1) is 19.8. The standard InChI is InChI=1S/C36H58O5Si2/c1-27(28(2)41-42(11,12)34(3,4)5)23-24-31(37)33-32(39-36(9,10)40-33)25-26-38-43(35(6,7)8,29-19-15-13-16-20-29)30-21-17-14-18-22-30/h13-24,27-28,31-33,37H,25-26H2,1-12H3/t27-,28+,31?,32+,33-/m1/s1. The van der Waals surface area contributed by atoms with E-state index in [-0.39, 0.29) is 28.2 Å². The van der Waals surface area contributed by atoms with Crippen LogP contribution in [0.4, 0.5) is 0 Å². The van der Waals surface area contributed by atoms with E-state index in [0.717, 1.165) is 0 Å². The van der Waals surface area contributed by atoms with Crippen LogP contribution in [-0.4, -0.2) is 58.6 Å². The second kappa shape index (κ2) is 13.8. The first-order valence-corrected chi connectivity index (χ1v) is 20.8. The number of ether oxygens (including phenoxy) is 2. The highest BCUT2D eigenvalue weighted by atomic mass is 28.4. The van der Waals surface area contributed by atoms with Crippen molar-refractivity contribution in [3.8, 4) is 0 Å². The Morgan fingerprint density at radius 3 is 1.81 bits per heavy atom. The minimum absolute atomic E-state index is 0.0529. The molecule has 1 fully saturated rings. The van der Waals surface area contributed by atoms with Crippen molar-refractivity contribution in [1.29, 1.82) is 0 Å². The molecule has 1 N–H and O–H groups in total. The number of hydrogen-bond donors (Lipinski definition) is 1. The van der Waals surface area contributed by atoms with Crippen LogP contribution in [0.5, 0.6) is 0 Å². The van der Waals surface area contributed by atoms with E-state index in [0.29, 0.717) is 13.0 Å². The highest BCUT2D eigenvalue weighted by Gasteiger charge is 2.51. The lowest BCUT2D eigenvalue weighted by molar-refractivity contribution is -0.153. The molecule has 2 aromatic carbocycles. The molecule has 2 aromatic rings. The predicted molar refractivity (Wildman–Crippen MR) is 184 cm³/mol. The van der Waals surface area contributed by atoms with Crippen molar-refractivity contribution >= 4 is 27.0 Å². The smallest absolute Gasteiger partial charge is 0.261 e. The quantitative estimate of drug-likeness (QED) is 0.196. The highest BCUT2D eigenvalue weighted by Crippen LogP contribution is 2.39. The van der Waals surface area contributed by atoms with E-state index in [2.05, 4.69) is 135 Å². The van der Waals surface area contributed by atoms with Gasteiger partial charge in [0.1, 0.15) is 12.2 Å². The lowest BCUT2D eigenvalue weighted by atomic mass is 10.0. The Hall–Kier alpha value is -1.59. The van der Waals surface area contributed by atoms with E-state index in [4.69, 9.17) is 18.3 Å². The second-order valence-electron chi connectivity index (χ2n) is 15.3. The summed E-state index contributed by atoms with van der Waals surface area (Å²) < 4.78 is 26.3. The SMILES string of the molecule is C[C@H](C=CC(O)[C@H]1OC(C)(C)O[C@H]1CCO[Si](c1ccccc1)(c1ccccc1)C(C)(C)C)[C@H](C)O[Si](C)(C)C(C)(C)C. The van der Waals surface area contributed by atoms with Crippen LogP contribution in [0.15, 0.2) is 72.8 Å². The Kier molecular flexibility index (Phi) is 11.5. The topological polar surface area (TPSA) is 57.2 Å². The lowest BCUT2D eigenvalue weighted by Gasteiger charge is -2.43. The summed E-state index contributed by atoms with van der Waals surface area (Å²) in [6.07, 6.45) is 3.00. The van der Waals surface area contributed by atoms with Crippen LogP contribution < -0.4 is 10.4 Å². The largest absolute Gasteiger partial charge is 0.414 e. The van der Waals surface area contributed by atoms with Crippen LogP contribution in [0.3, 0.4) is 0 Å². The molecule has 1 aliphatic heterocycles. The Bertz CT molecular complexity index is 1130. The van der Waals surface area contributed by atoms with Crippen LogP contribution in [0, 0.1) is 5.92 Å². The number of aliphatic hydroxyl groups is 1. The molecule has 43 heavy (non-hydrogen) atoms. The van der Waals surface area contributed by atoms with E-state index in [9.17, 15) is 5.11 Å². The third-order valence-electron chi connectivity index (χ3n) is 9.33. The summed E-state index contributed by atoms with van der Waals surface area (Å²) in [5.41, 5.74) is 0. The Balaban J connectivity index is 1.77. The molecule has 3 rings (SSSR count). The molecule has 240 valence electrons. The molecule has 1 saturated heterocycles. The van der Waals surface area contributed by atoms with E-state index in [1.54, 1.807) is 0 Å². The average Bonchev–Trinajstić information content (AvgIpc) is 3.23. The van der Waals surface area contributed by atoms with E-state index in [1.165, 1.54) is 10.4 Å². The van der Waals surface area contributed by atoms with E-state index >= 15 is 0 Å². The maximum Gasteiger partial charge on any atom is 0.261 e. The molecule has 0 aromatic heterocycles. The minimum atomic E-state index is -2.67. The summed E-state index contributed by atoms with van der Waals surface area (Å²) in [5.74, 6) is -0.637. The summed E-state index contributed by atoms with van der Waals surface area (Å²) in [7, 11) is -4.55. The molecule has 1 heterocycles. The predicted octanol–water partition coefficient (Wildman–Crippen LogP) is 7.44. The number of benzene rings is 2. The van der Waals surface area contributed by atoms with Gasteiger partial charge in [-0.2, -0.15) is 0 Å². The van der Waals surface area contributed by atoms with Gasteiger partial charge in [-0.1, -0.05) is 121 Å². The van der Waals surface area contributed by atoms with Gasteiger partial charge >= 0.3 is 0 Å². The van der Waals surface area contributed by atoms with Crippen LogP contribution in [0.25, 0.3) is 0 Å². The molecule has 1 aliphatic rings. The van der Waals surface area contributed by atoms with Gasteiger partial charge in [-0.15, -0.1) is 0 Å². The zero-order valence-corrected chi connectivity index (χ0v) is 30.8. The number of rotatable bonds is 12. The summed E-state index contributed by atoms with van der Waals surface area (Å²) in [6.45, 7) is 26.8. The summed E-state index contributed by atoms with van der Waals surface area (Å²) in [5, 5.41) is 13.9. The molecular weight excluding hydrogens is 569 g/mol. The van der Waals surface area contributed by atoms with Crippen LogP contribution in [0.2, 0.25) is 23.2 Å². The molecular formula is C36H58O5Si2. The van der Waals surface area contributed by atoms with Gasteiger partial charge < -0.3 is 23.4 Å². The Morgan fingerprint density at radius 1 is 0.837 bits per heavy atom. The van der Waals surface area contributed by atoms with Gasteiger partial charge in [0.05, 0.1) is 6.10 Å². The average molecular weight is 627 g/mol. The number of aliphatic hydroxyl groups excluding tert-OH is 1. The number of hydrogen-bond acceptors (Lipinski definition) is 5. The fourth-order valence-electron chi connectivity index (χ4n) is 5.77.